The van der Waals surface area contributed by atoms with Crippen LogP contribution in [0.4, 0.5) is 4.39 Å². The second kappa shape index (κ2) is 7.46. The Morgan fingerprint density at radius 2 is 1.93 bits per heavy atom. The number of rotatable bonds is 4. The lowest BCUT2D eigenvalue weighted by Crippen LogP contribution is -2.28. The number of hydrogen-bond acceptors (Lipinski definition) is 3. The number of halogens is 1. The third-order valence-electron chi connectivity index (χ3n) is 5.12. The van der Waals surface area contributed by atoms with Crippen LogP contribution in [-0.4, -0.2) is 29.8 Å². The predicted octanol–water partition coefficient (Wildman–Crippen LogP) is 4.05. The SMILES string of the molecule is Cc1c(C(=O)NCc2cccc(C(=O)N3CCCC3)c2)oc2ccc(F)cc12. The highest BCUT2D eigenvalue weighted by Gasteiger charge is 2.20. The van der Waals surface area contributed by atoms with Crippen LogP contribution in [0.1, 0.15) is 44.9 Å². The van der Waals surface area contributed by atoms with Crippen LogP contribution in [0.5, 0.6) is 0 Å². The summed E-state index contributed by atoms with van der Waals surface area (Å²) < 4.78 is 19.0. The molecule has 5 nitrogen and oxygen atoms in total. The molecule has 0 bridgehead atoms. The maximum Gasteiger partial charge on any atom is 0.287 e. The van der Waals surface area contributed by atoms with Crippen LogP contribution in [-0.2, 0) is 6.54 Å². The number of aryl methyl sites for hydroxylation is 1. The average molecular weight is 380 g/mol. The van der Waals surface area contributed by atoms with Crippen molar-refractivity contribution in [3.05, 3.63) is 70.7 Å². The third-order valence-corrected chi connectivity index (χ3v) is 5.12. The van der Waals surface area contributed by atoms with Gasteiger partial charge in [-0.15, -0.1) is 0 Å². The number of likely N-dealkylation sites (tertiary alicyclic amines) is 1. The number of nitrogens with one attached hydrogen (secondary N) is 1. The van der Waals surface area contributed by atoms with Crippen molar-refractivity contribution in [2.24, 2.45) is 0 Å². The number of fused-ring (bicyclic) bond motifs is 1. The molecule has 1 fully saturated rings. The highest BCUT2D eigenvalue weighted by molar-refractivity contribution is 5.99. The van der Waals surface area contributed by atoms with Crippen molar-refractivity contribution in [1.82, 2.24) is 10.2 Å². The maximum atomic E-state index is 13.4. The molecule has 6 heteroatoms. The van der Waals surface area contributed by atoms with E-state index >= 15 is 0 Å². The van der Waals surface area contributed by atoms with Crippen molar-refractivity contribution in [1.29, 1.82) is 0 Å². The van der Waals surface area contributed by atoms with Crippen LogP contribution >= 0.6 is 0 Å². The molecule has 28 heavy (non-hydrogen) atoms. The monoisotopic (exact) mass is 380 g/mol. The van der Waals surface area contributed by atoms with Crippen molar-refractivity contribution in [3.63, 3.8) is 0 Å². The summed E-state index contributed by atoms with van der Waals surface area (Å²) in [6, 6.07) is 11.5. The van der Waals surface area contributed by atoms with Gasteiger partial charge in [0, 0.05) is 36.1 Å². The first-order chi connectivity index (χ1) is 13.5. The van der Waals surface area contributed by atoms with Crippen molar-refractivity contribution in [2.45, 2.75) is 26.3 Å². The first-order valence-corrected chi connectivity index (χ1v) is 9.38. The first-order valence-electron chi connectivity index (χ1n) is 9.38. The third kappa shape index (κ3) is 3.50. The van der Waals surface area contributed by atoms with E-state index in [1.165, 1.54) is 18.2 Å². The molecule has 3 aromatic rings. The average Bonchev–Trinajstić information content (AvgIpc) is 3.35. The van der Waals surface area contributed by atoms with E-state index in [4.69, 9.17) is 4.42 Å². The summed E-state index contributed by atoms with van der Waals surface area (Å²) in [7, 11) is 0. The van der Waals surface area contributed by atoms with Gasteiger partial charge < -0.3 is 14.6 Å². The van der Waals surface area contributed by atoms with Gasteiger partial charge in [0.1, 0.15) is 11.4 Å². The number of carbonyl (C=O) groups excluding carboxylic acids is 2. The molecule has 0 spiro atoms. The lowest BCUT2D eigenvalue weighted by Gasteiger charge is -2.15. The van der Waals surface area contributed by atoms with Gasteiger partial charge in [0.15, 0.2) is 5.76 Å². The van der Waals surface area contributed by atoms with Gasteiger partial charge in [-0.25, -0.2) is 4.39 Å². The molecule has 1 aromatic heterocycles. The van der Waals surface area contributed by atoms with Gasteiger partial charge in [-0.2, -0.15) is 0 Å². The zero-order chi connectivity index (χ0) is 19.7. The Bertz CT molecular complexity index is 1050. The molecule has 0 radical (unpaired) electrons. The largest absolute Gasteiger partial charge is 0.451 e. The van der Waals surface area contributed by atoms with E-state index in [1.807, 2.05) is 23.1 Å². The van der Waals surface area contributed by atoms with Gasteiger partial charge >= 0.3 is 0 Å². The quantitative estimate of drug-likeness (QED) is 0.743. The van der Waals surface area contributed by atoms with Crippen LogP contribution in [0.3, 0.4) is 0 Å². The van der Waals surface area contributed by atoms with Gasteiger partial charge in [-0.3, -0.25) is 9.59 Å². The van der Waals surface area contributed by atoms with Crippen molar-refractivity contribution in [2.75, 3.05) is 13.1 Å². The Balaban J connectivity index is 1.47. The molecule has 2 amide bonds. The smallest absolute Gasteiger partial charge is 0.287 e. The number of hydrogen-bond donors (Lipinski definition) is 1. The lowest BCUT2D eigenvalue weighted by molar-refractivity contribution is 0.0792. The van der Waals surface area contributed by atoms with Gasteiger partial charge in [-0.05, 0) is 55.7 Å². The normalized spacial score (nSPS) is 13.9. The molecule has 1 aliphatic heterocycles. The van der Waals surface area contributed by atoms with Gasteiger partial charge in [-0.1, -0.05) is 12.1 Å². The van der Waals surface area contributed by atoms with Crippen molar-refractivity contribution < 1.29 is 18.4 Å². The minimum Gasteiger partial charge on any atom is -0.451 e. The van der Waals surface area contributed by atoms with Crippen molar-refractivity contribution in [3.8, 4) is 0 Å². The van der Waals surface area contributed by atoms with Crippen LogP contribution in [0, 0.1) is 12.7 Å². The van der Waals surface area contributed by atoms with Gasteiger partial charge in [0.25, 0.3) is 11.8 Å². The molecule has 0 atom stereocenters. The molecule has 2 aromatic carbocycles. The van der Waals surface area contributed by atoms with E-state index in [9.17, 15) is 14.0 Å². The summed E-state index contributed by atoms with van der Waals surface area (Å²) in [5, 5.41) is 3.40. The highest BCUT2D eigenvalue weighted by Crippen LogP contribution is 2.26. The minimum absolute atomic E-state index is 0.0285. The Labute approximate surface area is 162 Å². The minimum atomic E-state index is -0.372. The number of amides is 2. The molecule has 0 saturated carbocycles. The van der Waals surface area contributed by atoms with E-state index in [0.29, 0.717) is 22.1 Å². The van der Waals surface area contributed by atoms with E-state index in [0.717, 1.165) is 31.5 Å². The molecule has 1 N–H and O–H groups in total. The van der Waals surface area contributed by atoms with E-state index in [-0.39, 0.29) is 29.9 Å². The van der Waals surface area contributed by atoms with Gasteiger partial charge in [0.05, 0.1) is 0 Å². The fraction of sp³-hybridized carbons (Fsp3) is 0.273. The molecule has 1 aliphatic rings. The molecular weight excluding hydrogens is 359 g/mol. The highest BCUT2D eigenvalue weighted by atomic mass is 19.1. The Hall–Kier alpha value is -3.15. The Morgan fingerprint density at radius 1 is 1.14 bits per heavy atom. The van der Waals surface area contributed by atoms with Gasteiger partial charge in [0.2, 0.25) is 0 Å². The summed E-state index contributed by atoms with van der Waals surface area (Å²) in [6.07, 6.45) is 2.09. The molecule has 4 rings (SSSR count). The Kier molecular flexibility index (Phi) is 4.86. The number of nitrogens with zero attached hydrogens (tertiary/aromatic N) is 1. The van der Waals surface area contributed by atoms with E-state index < -0.39 is 0 Å². The number of carbonyl (C=O) groups is 2. The summed E-state index contributed by atoms with van der Waals surface area (Å²) in [4.78, 5) is 26.9. The van der Waals surface area contributed by atoms with Crippen LogP contribution in [0.2, 0.25) is 0 Å². The fourth-order valence-corrected chi connectivity index (χ4v) is 3.59. The number of benzene rings is 2. The summed E-state index contributed by atoms with van der Waals surface area (Å²) in [6.45, 7) is 3.60. The number of furan rings is 1. The van der Waals surface area contributed by atoms with Crippen LogP contribution in [0.15, 0.2) is 46.9 Å². The summed E-state index contributed by atoms with van der Waals surface area (Å²) in [5.74, 6) is -0.543. The lowest BCUT2D eigenvalue weighted by atomic mass is 10.1. The molecule has 1 saturated heterocycles. The molecule has 2 heterocycles. The molecule has 144 valence electrons. The maximum absolute atomic E-state index is 13.4. The zero-order valence-electron chi connectivity index (χ0n) is 15.6. The summed E-state index contributed by atoms with van der Waals surface area (Å²) in [5.41, 5.74) is 2.54. The zero-order valence-corrected chi connectivity index (χ0v) is 15.6. The molecule has 0 unspecified atom stereocenters. The second-order valence-electron chi connectivity index (χ2n) is 7.08. The van der Waals surface area contributed by atoms with E-state index in [1.54, 1.807) is 13.0 Å². The first kappa shape index (κ1) is 18.2. The molecular formula is C22H21FN2O3. The van der Waals surface area contributed by atoms with Crippen molar-refractivity contribution >= 4 is 22.8 Å². The Morgan fingerprint density at radius 3 is 2.71 bits per heavy atom. The van der Waals surface area contributed by atoms with Crippen LogP contribution in [0.25, 0.3) is 11.0 Å². The van der Waals surface area contributed by atoms with E-state index in [2.05, 4.69) is 5.32 Å². The fourth-order valence-electron chi connectivity index (χ4n) is 3.59. The standard InChI is InChI=1S/C22H21FN2O3/c1-14-18-12-17(23)7-8-19(18)28-20(14)21(26)24-13-15-5-4-6-16(11-15)22(27)25-9-2-3-10-25/h4-8,11-12H,2-3,9-10,13H2,1H3,(H,24,26). The molecule has 0 aliphatic carbocycles. The van der Waals surface area contributed by atoms with Crippen LogP contribution < -0.4 is 5.32 Å². The summed E-state index contributed by atoms with van der Waals surface area (Å²) >= 11 is 0. The predicted molar refractivity (Wildman–Crippen MR) is 104 cm³/mol. The second-order valence-corrected chi connectivity index (χ2v) is 7.08. The topological polar surface area (TPSA) is 62.6 Å².